The number of non-ortho nitro benzene ring substituents is 1. The molecule has 0 atom stereocenters. The summed E-state index contributed by atoms with van der Waals surface area (Å²) in [6.45, 7) is 8.63. The van der Waals surface area contributed by atoms with E-state index >= 15 is 0 Å². The maximum Gasteiger partial charge on any atom is 0.306 e. The van der Waals surface area contributed by atoms with E-state index < -0.39 is 22.4 Å². The van der Waals surface area contributed by atoms with Crippen molar-refractivity contribution in [2.45, 2.75) is 39.2 Å². The highest BCUT2D eigenvalue weighted by Crippen LogP contribution is 2.24. The standard InChI is InChI=1S/C16H20N2O5/c1-5-14(19)17-13-8-7-12(18(21)22)10-11(13)6-9-15(20)23-16(2,3)4/h5,7-8,10H,1,6,9H2,2-4H3,(H,17,19). The van der Waals surface area contributed by atoms with Gasteiger partial charge < -0.3 is 10.1 Å². The van der Waals surface area contributed by atoms with Gasteiger partial charge in [0.25, 0.3) is 5.69 Å². The zero-order valence-electron chi connectivity index (χ0n) is 13.4. The van der Waals surface area contributed by atoms with Crippen LogP contribution in [0, 0.1) is 10.1 Å². The first-order valence-corrected chi connectivity index (χ1v) is 7.05. The van der Waals surface area contributed by atoms with E-state index in [0.29, 0.717) is 11.3 Å². The fourth-order valence-electron chi connectivity index (χ4n) is 1.84. The molecule has 0 unspecified atom stereocenters. The van der Waals surface area contributed by atoms with Crippen LogP contribution in [0.2, 0.25) is 0 Å². The summed E-state index contributed by atoms with van der Waals surface area (Å²) in [6, 6.07) is 4.06. The smallest absolute Gasteiger partial charge is 0.306 e. The van der Waals surface area contributed by atoms with E-state index in [4.69, 9.17) is 4.74 Å². The molecule has 0 aliphatic carbocycles. The molecule has 1 rings (SSSR count). The van der Waals surface area contributed by atoms with Gasteiger partial charge in [0.15, 0.2) is 0 Å². The lowest BCUT2D eigenvalue weighted by Gasteiger charge is -2.19. The Morgan fingerprint density at radius 1 is 1.39 bits per heavy atom. The van der Waals surface area contributed by atoms with E-state index in [1.807, 2.05) is 0 Å². The Labute approximate surface area is 134 Å². The van der Waals surface area contributed by atoms with Crippen LogP contribution >= 0.6 is 0 Å². The number of aryl methyl sites for hydroxylation is 1. The highest BCUT2D eigenvalue weighted by molar-refractivity contribution is 5.99. The quantitative estimate of drug-likeness (QED) is 0.376. The number of hydrogen-bond acceptors (Lipinski definition) is 5. The number of nitro benzene ring substituents is 1. The largest absolute Gasteiger partial charge is 0.460 e. The van der Waals surface area contributed by atoms with Crippen molar-refractivity contribution in [2.75, 3.05) is 5.32 Å². The average molecular weight is 320 g/mol. The van der Waals surface area contributed by atoms with Gasteiger partial charge in [0.05, 0.1) is 4.92 Å². The number of ether oxygens (including phenoxy) is 1. The molecule has 0 saturated heterocycles. The minimum atomic E-state index is -0.598. The predicted molar refractivity (Wildman–Crippen MR) is 86.1 cm³/mol. The summed E-state index contributed by atoms with van der Waals surface area (Å²) in [7, 11) is 0. The first-order valence-electron chi connectivity index (χ1n) is 7.05. The van der Waals surface area contributed by atoms with Crippen LogP contribution < -0.4 is 5.32 Å². The van der Waals surface area contributed by atoms with Gasteiger partial charge in [0.2, 0.25) is 5.91 Å². The van der Waals surface area contributed by atoms with Crippen molar-refractivity contribution >= 4 is 23.3 Å². The number of carbonyl (C=O) groups is 2. The summed E-state index contributed by atoms with van der Waals surface area (Å²) in [6.07, 6.45) is 1.36. The molecule has 0 saturated carbocycles. The third-order valence-corrected chi connectivity index (χ3v) is 2.76. The van der Waals surface area contributed by atoms with Crippen LogP contribution in [0.1, 0.15) is 32.8 Å². The van der Waals surface area contributed by atoms with Gasteiger partial charge in [0.1, 0.15) is 5.60 Å². The van der Waals surface area contributed by atoms with E-state index in [9.17, 15) is 19.7 Å². The summed E-state index contributed by atoms with van der Waals surface area (Å²) < 4.78 is 5.20. The van der Waals surface area contributed by atoms with Crippen LogP contribution in [0.5, 0.6) is 0 Å². The van der Waals surface area contributed by atoms with Crippen LogP contribution in [0.3, 0.4) is 0 Å². The third-order valence-electron chi connectivity index (χ3n) is 2.76. The van der Waals surface area contributed by atoms with Gasteiger partial charge in [-0.15, -0.1) is 0 Å². The molecule has 0 spiro atoms. The van der Waals surface area contributed by atoms with Crippen molar-refractivity contribution in [3.8, 4) is 0 Å². The van der Waals surface area contributed by atoms with Gasteiger partial charge in [-0.3, -0.25) is 19.7 Å². The van der Waals surface area contributed by atoms with Gasteiger partial charge in [-0.1, -0.05) is 6.58 Å². The topological polar surface area (TPSA) is 98.5 Å². The second-order valence-corrected chi connectivity index (χ2v) is 5.88. The van der Waals surface area contributed by atoms with Crippen molar-refractivity contribution in [2.24, 2.45) is 0 Å². The molecule has 23 heavy (non-hydrogen) atoms. The molecule has 1 N–H and O–H groups in total. The second-order valence-electron chi connectivity index (χ2n) is 5.88. The molecule has 0 aliphatic rings. The van der Waals surface area contributed by atoms with E-state index in [1.165, 1.54) is 18.2 Å². The number of esters is 1. The zero-order valence-corrected chi connectivity index (χ0v) is 13.4. The van der Waals surface area contributed by atoms with Crippen molar-refractivity contribution in [3.63, 3.8) is 0 Å². The minimum Gasteiger partial charge on any atom is -0.460 e. The SMILES string of the molecule is C=CC(=O)Nc1ccc([N+](=O)[O-])cc1CCC(=O)OC(C)(C)C. The Balaban J connectivity index is 2.94. The van der Waals surface area contributed by atoms with Crippen molar-refractivity contribution in [3.05, 3.63) is 46.5 Å². The van der Waals surface area contributed by atoms with Gasteiger partial charge in [-0.2, -0.15) is 0 Å². The number of rotatable bonds is 6. The van der Waals surface area contributed by atoms with Crippen molar-refractivity contribution in [1.29, 1.82) is 0 Å². The lowest BCUT2D eigenvalue weighted by molar-refractivity contribution is -0.384. The zero-order chi connectivity index (χ0) is 17.6. The normalized spacial score (nSPS) is 10.7. The average Bonchev–Trinajstić information content (AvgIpc) is 2.43. The number of hydrogen-bond donors (Lipinski definition) is 1. The molecule has 1 amide bonds. The van der Waals surface area contributed by atoms with E-state index in [2.05, 4.69) is 11.9 Å². The Hall–Kier alpha value is -2.70. The Morgan fingerprint density at radius 2 is 2.04 bits per heavy atom. The highest BCUT2D eigenvalue weighted by atomic mass is 16.6. The molecule has 7 nitrogen and oxygen atoms in total. The summed E-state index contributed by atoms with van der Waals surface area (Å²) in [5.74, 6) is -0.845. The molecule has 0 radical (unpaired) electrons. The van der Waals surface area contributed by atoms with E-state index in [1.54, 1.807) is 20.8 Å². The Kier molecular flexibility index (Phi) is 6.01. The summed E-state index contributed by atoms with van der Waals surface area (Å²) in [5, 5.41) is 13.4. The lowest BCUT2D eigenvalue weighted by atomic mass is 10.1. The molecular weight excluding hydrogens is 300 g/mol. The van der Waals surface area contributed by atoms with Gasteiger partial charge in [-0.25, -0.2) is 0 Å². The molecule has 0 aromatic heterocycles. The number of nitrogens with zero attached hydrogens (tertiary/aromatic N) is 1. The second kappa shape index (κ2) is 7.53. The molecular formula is C16H20N2O5. The van der Waals surface area contributed by atoms with Gasteiger partial charge in [0, 0.05) is 24.2 Å². The maximum atomic E-state index is 11.8. The molecule has 124 valence electrons. The molecule has 1 aromatic rings. The van der Waals surface area contributed by atoms with Crippen LogP contribution in [-0.2, 0) is 20.7 Å². The first kappa shape index (κ1) is 18.3. The summed E-state index contributed by atoms with van der Waals surface area (Å²) in [4.78, 5) is 33.6. The molecule has 0 heterocycles. The number of anilines is 1. The maximum absolute atomic E-state index is 11.8. The fourth-order valence-corrected chi connectivity index (χ4v) is 1.84. The molecule has 0 fully saturated rings. The fraction of sp³-hybridized carbons (Fsp3) is 0.375. The molecule has 1 aromatic carbocycles. The van der Waals surface area contributed by atoms with Gasteiger partial charge >= 0.3 is 5.97 Å². The Bertz CT molecular complexity index is 632. The first-order chi connectivity index (χ1) is 10.6. The Morgan fingerprint density at radius 3 is 2.57 bits per heavy atom. The minimum absolute atomic E-state index is 0.0510. The summed E-state index contributed by atoms with van der Waals surface area (Å²) >= 11 is 0. The van der Waals surface area contributed by atoms with Gasteiger partial charge in [-0.05, 0) is 44.9 Å². The number of nitrogens with one attached hydrogen (secondary N) is 1. The van der Waals surface area contributed by atoms with E-state index in [0.717, 1.165) is 6.08 Å². The highest BCUT2D eigenvalue weighted by Gasteiger charge is 2.18. The monoisotopic (exact) mass is 320 g/mol. The lowest BCUT2D eigenvalue weighted by Crippen LogP contribution is -2.24. The van der Waals surface area contributed by atoms with Crippen molar-refractivity contribution in [1.82, 2.24) is 0 Å². The molecule has 0 aliphatic heterocycles. The number of amides is 1. The predicted octanol–water partition coefficient (Wildman–Crippen LogP) is 2.99. The number of benzene rings is 1. The van der Waals surface area contributed by atoms with Crippen molar-refractivity contribution < 1.29 is 19.2 Å². The molecule has 0 bridgehead atoms. The van der Waals surface area contributed by atoms with Crippen LogP contribution in [-0.4, -0.2) is 22.4 Å². The number of carbonyl (C=O) groups excluding carboxylic acids is 2. The molecule has 7 heteroatoms. The van der Waals surface area contributed by atoms with Crippen LogP contribution in [0.4, 0.5) is 11.4 Å². The van der Waals surface area contributed by atoms with Crippen LogP contribution in [0.25, 0.3) is 0 Å². The van der Waals surface area contributed by atoms with E-state index in [-0.39, 0.29) is 18.5 Å². The summed E-state index contributed by atoms with van der Waals surface area (Å²) in [5.41, 5.74) is 0.185. The number of nitro groups is 1. The third kappa shape index (κ3) is 6.29. The van der Waals surface area contributed by atoms with Crippen LogP contribution in [0.15, 0.2) is 30.9 Å².